The van der Waals surface area contributed by atoms with Gasteiger partial charge in [-0.2, -0.15) is 0 Å². The Morgan fingerprint density at radius 2 is 1.95 bits per heavy atom. The monoisotopic (exact) mass is 307 g/mol. The first-order valence-corrected chi connectivity index (χ1v) is 8.03. The Morgan fingerprint density at radius 3 is 2.65 bits per heavy atom. The van der Waals surface area contributed by atoms with Crippen molar-refractivity contribution in [2.45, 2.75) is 25.7 Å². The molecule has 0 unspecified atom stereocenters. The summed E-state index contributed by atoms with van der Waals surface area (Å²) in [5.41, 5.74) is 1.19. The molecule has 1 amide bonds. The minimum atomic E-state index is 0.135. The lowest BCUT2D eigenvalue weighted by molar-refractivity contribution is -0.121. The zero-order valence-corrected chi connectivity index (χ0v) is 12.8. The molecule has 20 heavy (non-hydrogen) atoms. The number of carbonyl (C=O) groups is 1. The van der Waals surface area contributed by atoms with Crippen LogP contribution in [-0.4, -0.2) is 12.5 Å². The summed E-state index contributed by atoms with van der Waals surface area (Å²) in [6.07, 6.45) is 3.34. The van der Waals surface area contributed by atoms with E-state index in [4.69, 9.17) is 11.6 Å². The first kappa shape index (κ1) is 15.1. The molecule has 1 N–H and O–H groups in total. The van der Waals surface area contributed by atoms with Crippen molar-refractivity contribution in [1.82, 2.24) is 5.32 Å². The summed E-state index contributed by atoms with van der Waals surface area (Å²) in [5.74, 6) is 0.135. The third kappa shape index (κ3) is 5.35. The highest BCUT2D eigenvalue weighted by atomic mass is 35.5. The average Bonchev–Trinajstić information content (AvgIpc) is 2.94. The highest BCUT2D eigenvalue weighted by molar-refractivity contribution is 7.09. The van der Waals surface area contributed by atoms with Crippen molar-refractivity contribution < 1.29 is 4.79 Å². The van der Waals surface area contributed by atoms with Crippen molar-refractivity contribution in [3.63, 3.8) is 0 Å². The van der Waals surface area contributed by atoms with Crippen LogP contribution < -0.4 is 5.32 Å². The van der Waals surface area contributed by atoms with Crippen LogP contribution in [0.15, 0.2) is 41.8 Å². The predicted octanol–water partition coefficient (Wildman–Crippen LogP) is 4.08. The molecule has 0 aliphatic rings. The lowest BCUT2D eigenvalue weighted by atomic mass is 10.1. The lowest BCUT2D eigenvalue weighted by Crippen LogP contribution is -2.25. The molecule has 1 heterocycles. The molecule has 0 bridgehead atoms. The maximum absolute atomic E-state index is 11.7. The average molecular weight is 308 g/mol. The third-order valence-corrected chi connectivity index (χ3v) is 4.24. The molecule has 1 aromatic carbocycles. The normalized spacial score (nSPS) is 10.4. The maximum Gasteiger partial charge on any atom is 0.220 e. The van der Waals surface area contributed by atoms with Crippen LogP contribution >= 0.6 is 22.9 Å². The number of rotatable bonds is 7. The number of nitrogens with one attached hydrogen (secondary N) is 1. The van der Waals surface area contributed by atoms with E-state index in [-0.39, 0.29) is 5.91 Å². The Hall–Kier alpha value is -1.32. The second-order valence-corrected chi connectivity index (χ2v) is 6.13. The minimum absolute atomic E-state index is 0.135. The van der Waals surface area contributed by atoms with Crippen LogP contribution in [0.1, 0.15) is 23.3 Å². The second kappa shape index (κ2) is 8.08. The topological polar surface area (TPSA) is 29.1 Å². The molecule has 0 saturated heterocycles. The summed E-state index contributed by atoms with van der Waals surface area (Å²) in [4.78, 5) is 13.0. The van der Waals surface area contributed by atoms with Crippen molar-refractivity contribution >= 4 is 28.8 Å². The van der Waals surface area contributed by atoms with E-state index in [9.17, 15) is 4.79 Å². The number of thiophene rings is 1. The molecule has 0 saturated carbocycles. The number of benzene rings is 1. The number of hydrogen-bond acceptors (Lipinski definition) is 2. The molecular weight excluding hydrogens is 290 g/mol. The van der Waals surface area contributed by atoms with Gasteiger partial charge in [-0.25, -0.2) is 0 Å². The van der Waals surface area contributed by atoms with Gasteiger partial charge in [-0.3, -0.25) is 4.79 Å². The number of halogens is 1. The van der Waals surface area contributed by atoms with Crippen molar-refractivity contribution in [2.24, 2.45) is 0 Å². The van der Waals surface area contributed by atoms with Gasteiger partial charge in [-0.15, -0.1) is 11.3 Å². The van der Waals surface area contributed by atoms with E-state index in [1.54, 1.807) is 11.3 Å². The van der Waals surface area contributed by atoms with E-state index in [2.05, 4.69) is 16.8 Å². The van der Waals surface area contributed by atoms with Crippen molar-refractivity contribution in [3.8, 4) is 0 Å². The molecule has 4 heteroatoms. The predicted molar refractivity (Wildman–Crippen MR) is 85.4 cm³/mol. The molecule has 2 nitrogen and oxygen atoms in total. The quantitative estimate of drug-likeness (QED) is 0.820. The number of aryl methyl sites for hydroxylation is 1. The zero-order chi connectivity index (χ0) is 14.2. The first-order chi connectivity index (χ1) is 9.74. The summed E-state index contributed by atoms with van der Waals surface area (Å²) in [5, 5.41) is 5.77. The minimum Gasteiger partial charge on any atom is -0.356 e. The first-order valence-electron chi connectivity index (χ1n) is 6.77. The fourth-order valence-electron chi connectivity index (χ4n) is 1.96. The molecule has 106 valence electrons. The van der Waals surface area contributed by atoms with Gasteiger partial charge in [0.25, 0.3) is 0 Å². The second-order valence-electron chi connectivity index (χ2n) is 4.66. The summed E-state index contributed by atoms with van der Waals surface area (Å²) < 4.78 is 0. The van der Waals surface area contributed by atoms with Crippen LogP contribution in [0.2, 0.25) is 5.02 Å². The Bertz CT molecular complexity index is 522. The third-order valence-electron chi connectivity index (χ3n) is 3.06. The molecule has 0 spiro atoms. The highest BCUT2D eigenvalue weighted by Crippen LogP contribution is 2.12. The molecule has 2 rings (SSSR count). The van der Waals surface area contributed by atoms with Gasteiger partial charge in [0, 0.05) is 22.9 Å². The van der Waals surface area contributed by atoms with Crippen LogP contribution in [0.3, 0.4) is 0 Å². The van der Waals surface area contributed by atoms with Crippen molar-refractivity contribution in [2.75, 3.05) is 6.54 Å². The molecular formula is C16H18ClNOS. The van der Waals surface area contributed by atoms with Crippen LogP contribution in [0.4, 0.5) is 0 Å². The van der Waals surface area contributed by atoms with Crippen LogP contribution in [-0.2, 0) is 17.6 Å². The summed E-state index contributed by atoms with van der Waals surface area (Å²) >= 11 is 7.58. The molecule has 0 radical (unpaired) electrons. The molecule has 0 atom stereocenters. The fourth-order valence-corrected chi connectivity index (χ4v) is 2.84. The maximum atomic E-state index is 11.7. The zero-order valence-electron chi connectivity index (χ0n) is 11.3. The Labute approximate surface area is 128 Å². The molecule has 1 aromatic heterocycles. The molecule has 0 aliphatic carbocycles. The Morgan fingerprint density at radius 1 is 1.15 bits per heavy atom. The van der Waals surface area contributed by atoms with Crippen molar-refractivity contribution in [1.29, 1.82) is 0 Å². The van der Waals surface area contributed by atoms with Gasteiger partial charge in [0.2, 0.25) is 5.91 Å². The number of hydrogen-bond donors (Lipinski definition) is 1. The number of carbonyl (C=O) groups excluding carboxylic acids is 1. The number of amides is 1. The molecule has 0 fully saturated rings. The lowest BCUT2D eigenvalue weighted by Gasteiger charge is -2.05. The van der Waals surface area contributed by atoms with Crippen LogP contribution in [0.25, 0.3) is 0 Å². The van der Waals surface area contributed by atoms with Crippen LogP contribution in [0, 0.1) is 0 Å². The van der Waals surface area contributed by atoms with Gasteiger partial charge in [0.05, 0.1) is 0 Å². The van der Waals surface area contributed by atoms with E-state index in [0.29, 0.717) is 13.0 Å². The smallest absolute Gasteiger partial charge is 0.220 e. The standard InChI is InChI=1S/C16H18ClNOS/c17-14-8-6-13(7-9-14)10-11-18-16(19)5-1-3-15-4-2-12-20-15/h2,4,6-9,12H,1,3,5,10-11H2,(H,18,19). The summed E-state index contributed by atoms with van der Waals surface area (Å²) in [7, 11) is 0. The van der Waals surface area contributed by atoms with E-state index in [0.717, 1.165) is 24.3 Å². The van der Waals surface area contributed by atoms with Gasteiger partial charge in [-0.1, -0.05) is 29.8 Å². The van der Waals surface area contributed by atoms with Gasteiger partial charge < -0.3 is 5.32 Å². The van der Waals surface area contributed by atoms with Crippen molar-refractivity contribution in [3.05, 3.63) is 57.2 Å². The SMILES string of the molecule is O=C(CCCc1cccs1)NCCc1ccc(Cl)cc1. The fraction of sp³-hybridized carbons (Fsp3) is 0.312. The van der Waals surface area contributed by atoms with Gasteiger partial charge in [0.1, 0.15) is 0 Å². The van der Waals surface area contributed by atoms with Gasteiger partial charge >= 0.3 is 0 Å². The van der Waals surface area contributed by atoms with Crippen LogP contribution in [0.5, 0.6) is 0 Å². The summed E-state index contributed by atoms with van der Waals surface area (Å²) in [6, 6.07) is 11.9. The van der Waals surface area contributed by atoms with Gasteiger partial charge in [-0.05, 0) is 48.4 Å². The van der Waals surface area contributed by atoms with E-state index >= 15 is 0 Å². The molecule has 0 aliphatic heterocycles. The Kier molecular flexibility index (Phi) is 6.09. The largest absolute Gasteiger partial charge is 0.356 e. The summed E-state index contributed by atoms with van der Waals surface area (Å²) in [6.45, 7) is 0.680. The van der Waals surface area contributed by atoms with E-state index < -0.39 is 0 Å². The van der Waals surface area contributed by atoms with E-state index in [1.165, 1.54) is 10.4 Å². The van der Waals surface area contributed by atoms with Gasteiger partial charge in [0.15, 0.2) is 0 Å². The molecule has 2 aromatic rings. The Balaban J connectivity index is 1.59. The highest BCUT2D eigenvalue weighted by Gasteiger charge is 2.02. The van der Waals surface area contributed by atoms with E-state index in [1.807, 2.05) is 30.3 Å².